The summed E-state index contributed by atoms with van der Waals surface area (Å²) in [5.41, 5.74) is 5.46. The van der Waals surface area contributed by atoms with Crippen molar-refractivity contribution < 1.29 is 9.53 Å². The molecule has 1 atom stereocenters. The molecule has 1 unspecified atom stereocenters. The molecule has 3 aliphatic rings. The fraction of sp³-hybridized carbons (Fsp3) is 0.407. The number of nitrogens with one attached hydrogen (secondary N) is 1. The smallest absolute Gasteiger partial charge is 0.294 e. The van der Waals surface area contributed by atoms with E-state index in [1.807, 2.05) is 46.6 Å². The molecule has 1 saturated carbocycles. The molecule has 2 bridgehead atoms. The number of carbonyl (C=O) groups excluding carboxylic acids is 1. The number of aromatic amines is 1. The molecule has 1 saturated heterocycles. The highest BCUT2D eigenvalue weighted by Gasteiger charge is 2.31. The van der Waals surface area contributed by atoms with Gasteiger partial charge < -0.3 is 14.6 Å². The number of likely N-dealkylation sites (tertiary alicyclic amines) is 1. The van der Waals surface area contributed by atoms with Gasteiger partial charge in [-0.05, 0) is 68.0 Å². The van der Waals surface area contributed by atoms with Crippen LogP contribution in [0.2, 0.25) is 0 Å². The van der Waals surface area contributed by atoms with E-state index in [0.717, 1.165) is 52.4 Å². The van der Waals surface area contributed by atoms with Crippen molar-refractivity contribution in [1.82, 2.24) is 24.5 Å². The molecular formula is C27H30ClN5O3. The number of halogens is 1. The monoisotopic (exact) mass is 507 g/mol. The van der Waals surface area contributed by atoms with Gasteiger partial charge in [-0.15, -0.1) is 10.2 Å². The number of allylic oxidation sites excluding steroid dienone is 5. The summed E-state index contributed by atoms with van der Waals surface area (Å²) in [5, 5.41) is 8.98. The van der Waals surface area contributed by atoms with E-state index in [1.165, 1.54) is 18.4 Å². The quantitative estimate of drug-likeness (QED) is 0.564. The number of rotatable bonds is 4. The Balaban J connectivity index is 0.000000149. The van der Waals surface area contributed by atoms with Crippen LogP contribution in [-0.2, 0) is 16.0 Å². The molecule has 36 heavy (non-hydrogen) atoms. The number of fused-ring (bicyclic) bond motifs is 5. The number of hydrogen-bond donors (Lipinski definition) is 1. The molecule has 9 heteroatoms. The van der Waals surface area contributed by atoms with Crippen LogP contribution in [0, 0.1) is 12.8 Å². The van der Waals surface area contributed by atoms with Crippen molar-refractivity contribution in [2.45, 2.75) is 52.0 Å². The average molecular weight is 508 g/mol. The van der Waals surface area contributed by atoms with E-state index >= 15 is 0 Å². The van der Waals surface area contributed by atoms with Crippen LogP contribution in [0.1, 0.15) is 44.0 Å². The predicted molar refractivity (Wildman–Crippen MR) is 140 cm³/mol. The normalized spacial score (nSPS) is 19.3. The summed E-state index contributed by atoms with van der Waals surface area (Å²) in [4.78, 5) is 28.4. The summed E-state index contributed by atoms with van der Waals surface area (Å²) < 4.78 is 7.11. The number of ether oxygens (including phenoxy) is 1. The highest BCUT2D eigenvalue weighted by Crippen LogP contribution is 2.34. The fourth-order valence-electron chi connectivity index (χ4n) is 5.01. The molecule has 188 valence electrons. The summed E-state index contributed by atoms with van der Waals surface area (Å²) in [6, 6.07) is 6.08. The van der Waals surface area contributed by atoms with Gasteiger partial charge in [0.1, 0.15) is 5.82 Å². The molecule has 2 fully saturated rings. The fourth-order valence-corrected chi connectivity index (χ4v) is 5.23. The van der Waals surface area contributed by atoms with Gasteiger partial charge in [-0.3, -0.25) is 14.0 Å². The second kappa shape index (κ2) is 10.0. The lowest BCUT2D eigenvalue weighted by molar-refractivity contribution is -0.130. The molecule has 3 aromatic rings. The minimum atomic E-state index is -0.175. The maximum absolute atomic E-state index is 12.0. The van der Waals surface area contributed by atoms with Gasteiger partial charge in [0, 0.05) is 37.6 Å². The van der Waals surface area contributed by atoms with Gasteiger partial charge in [0.2, 0.25) is 11.6 Å². The van der Waals surface area contributed by atoms with Gasteiger partial charge >= 0.3 is 0 Å². The van der Waals surface area contributed by atoms with E-state index in [1.54, 1.807) is 14.0 Å². The first-order chi connectivity index (χ1) is 17.3. The topological polar surface area (TPSA) is 92.6 Å². The van der Waals surface area contributed by atoms with Crippen LogP contribution < -0.4 is 5.56 Å². The van der Waals surface area contributed by atoms with Crippen LogP contribution in [-0.4, -0.2) is 50.1 Å². The Labute approximate surface area is 214 Å². The zero-order valence-corrected chi connectivity index (χ0v) is 21.5. The van der Waals surface area contributed by atoms with Crippen molar-refractivity contribution in [2.24, 2.45) is 5.92 Å². The average Bonchev–Trinajstić information content (AvgIpc) is 3.57. The van der Waals surface area contributed by atoms with E-state index in [-0.39, 0.29) is 17.5 Å². The zero-order valence-electron chi connectivity index (χ0n) is 20.8. The lowest BCUT2D eigenvalue weighted by atomic mass is 9.94. The van der Waals surface area contributed by atoms with Gasteiger partial charge in [0.25, 0.3) is 5.56 Å². The van der Waals surface area contributed by atoms with Crippen LogP contribution in [0.25, 0.3) is 16.7 Å². The number of aromatic nitrogens is 4. The Kier molecular flexibility index (Phi) is 6.81. The number of methoxy groups -OCH3 is 1. The lowest BCUT2D eigenvalue weighted by Crippen LogP contribution is -2.44. The number of piperidine rings is 1. The van der Waals surface area contributed by atoms with Crippen molar-refractivity contribution in [3.05, 3.63) is 74.5 Å². The number of amides is 1. The summed E-state index contributed by atoms with van der Waals surface area (Å²) in [6.07, 6.45) is 10.8. The van der Waals surface area contributed by atoms with Crippen molar-refractivity contribution in [3.63, 3.8) is 0 Å². The maximum atomic E-state index is 12.0. The molecular weight excluding hydrogens is 478 g/mol. The first-order valence-corrected chi connectivity index (χ1v) is 12.6. The standard InChI is InChI=1S/C14H14N4O.C13H16ClNO2/c1-8-2-5-10-11(6-8)18-12(7-9-3-4-9)16-17-13(18)14(19)15-10;1-9(16)15-12-4-3-11(14)5-10(6-12)7-13(15)8-17-2/h2,5-6,9H,3-4,7H2,1H3,(H,15,19);3-5,13H,6-8H2,1-2H3. The number of nitrogens with zero attached hydrogens (tertiary/aromatic N) is 4. The van der Waals surface area contributed by atoms with E-state index in [0.29, 0.717) is 18.2 Å². The molecule has 1 N–H and O–H groups in total. The molecule has 0 spiro atoms. The molecule has 3 heterocycles. The minimum Gasteiger partial charge on any atom is -0.383 e. The van der Waals surface area contributed by atoms with Crippen molar-refractivity contribution in [1.29, 1.82) is 0 Å². The summed E-state index contributed by atoms with van der Waals surface area (Å²) >= 11 is 6.05. The first-order valence-electron chi connectivity index (χ1n) is 12.2. The number of aryl methyl sites for hydroxylation is 1. The van der Waals surface area contributed by atoms with Gasteiger partial charge in [-0.2, -0.15) is 0 Å². The molecule has 1 aliphatic heterocycles. The third-order valence-electron chi connectivity index (χ3n) is 6.80. The highest BCUT2D eigenvalue weighted by atomic mass is 35.5. The largest absolute Gasteiger partial charge is 0.383 e. The maximum Gasteiger partial charge on any atom is 0.294 e. The Bertz CT molecular complexity index is 1480. The first kappa shape index (κ1) is 24.5. The second-order valence-electron chi connectivity index (χ2n) is 9.79. The number of benzene rings is 1. The third-order valence-corrected chi connectivity index (χ3v) is 7.03. The van der Waals surface area contributed by atoms with Crippen molar-refractivity contribution in [3.8, 4) is 0 Å². The van der Waals surface area contributed by atoms with Gasteiger partial charge in [-0.1, -0.05) is 23.2 Å². The molecule has 0 radical (unpaired) electrons. The molecule has 1 amide bonds. The Morgan fingerprint density at radius 3 is 2.78 bits per heavy atom. The molecule has 2 aliphatic carbocycles. The summed E-state index contributed by atoms with van der Waals surface area (Å²) in [5.74, 6) is 1.68. The molecule has 6 rings (SSSR count). The van der Waals surface area contributed by atoms with Gasteiger partial charge in [0.15, 0.2) is 0 Å². The third kappa shape index (κ3) is 5.01. The van der Waals surface area contributed by atoms with Gasteiger partial charge in [-0.25, -0.2) is 0 Å². The summed E-state index contributed by atoms with van der Waals surface area (Å²) in [6.45, 7) is 4.18. The number of hydrogen-bond acceptors (Lipinski definition) is 5. The number of H-pyrrole nitrogens is 1. The highest BCUT2D eigenvalue weighted by molar-refractivity contribution is 6.31. The van der Waals surface area contributed by atoms with Crippen LogP contribution in [0.4, 0.5) is 0 Å². The van der Waals surface area contributed by atoms with Crippen molar-refractivity contribution >= 4 is 34.2 Å². The lowest BCUT2D eigenvalue weighted by Gasteiger charge is -2.37. The SMILES string of the molecule is COCC1CC2=CC(Cl)=CC=C(C2)N1C(C)=O.Cc1ccc2[nH]c(=O)c3nnc(CC4CC4)n3c2c1. The van der Waals surface area contributed by atoms with E-state index in [4.69, 9.17) is 16.3 Å². The summed E-state index contributed by atoms with van der Waals surface area (Å²) in [7, 11) is 1.66. The van der Waals surface area contributed by atoms with Crippen molar-refractivity contribution in [2.75, 3.05) is 13.7 Å². The Hall–Kier alpha value is -3.23. The molecule has 8 nitrogen and oxygen atoms in total. The van der Waals surface area contributed by atoms with E-state index < -0.39 is 0 Å². The van der Waals surface area contributed by atoms with Crippen LogP contribution in [0.15, 0.2) is 57.5 Å². The second-order valence-corrected chi connectivity index (χ2v) is 10.2. The Morgan fingerprint density at radius 2 is 2.06 bits per heavy atom. The van der Waals surface area contributed by atoms with E-state index in [2.05, 4.69) is 21.2 Å². The molecule has 1 aromatic carbocycles. The number of carbonyl (C=O) groups is 1. The van der Waals surface area contributed by atoms with E-state index in [9.17, 15) is 9.59 Å². The minimum absolute atomic E-state index is 0.0590. The van der Waals surface area contributed by atoms with Crippen LogP contribution >= 0.6 is 11.6 Å². The van der Waals surface area contributed by atoms with Gasteiger partial charge in [0.05, 0.1) is 23.7 Å². The molecule has 2 aromatic heterocycles. The Morgan fingerprint density at radius 1 is 1.25 bits per heavy atom. The zero-order chi connectivity index (χ0) is 25.4. The van der Waals surface area contributed by atoms with Crippen LogP contribution in [0.5, 0.6) is 0 Å². The predicted octanol–water partition coefficient (Wildman–Crippen LogP) is 4.42. The van der Waals surface area contributed by atoms with Crippen LogP contribution in [0.3, 0.4) is 0 Å².